The largest absolute Gasteiger partial charge is 0.480 e. The van der Waals surface area contributed by atoms with Crippen LogP contribution in [0.1, 0.15) is 29.0 Å². The third kappa shape index (κ3) is 3.56. The number of nitrogens with zero attached hydrogens (tertiary/aromatic N) is 2. The van der Waals surface area contributed by atoms with Crippen molar-refractivity contribution < 1.29 is 19.4 Å². The van der Waals surface area contributed by atoms with E-state index >= 15 is 0 Å². The molecular formula is C17H17Cl2N3O4. The topological polar surface area (TPSA) is 93.5 Å². The van der Waals surface area contributed by atoms with E-state index in [4.69, 9.17) is 27.9 Å². The Morgan fingerprint density at radius 1 is 1.27 bits per heavy atom. The molecule has 1 aliphatic heterocycles. The molecule has 3 rings (SSSR count). The average molecular weight is 398 g/mol. The predicted molar refractivity (Wildman–Crippen MR) is 96.2 cm³/mol. The number of nitrogens with one attached hydrogen (secondary N) is 1. The van der Waals surface area contributed by atoms with Gasteiger partial charge < -0.3 is 15.2 Å². The molecule has 2 aromatic rings. The summed E-state index contributed by atoms with van der Waals surface area (Å²) in [5, 5.41) is 17.3. The summed E-state index contributed by atoms with van der Waals surface area (Å²) in [5.74, 6) is -1.63. The molecule has 0 unspecified atom stereocenters. The van der Waals surface area contributed by atoms with Gasteiger partial charge in [-0.2, -0.15) is 5.10 Å². The van der Waals surface area contributed by atoms with E-state index in [1.165, 1.54) is 4.68 Å². The van der Waals surface area contributed by atoms with Crippen LogP contribution in [0.2, 0.25) is 10.0 Å². The quantitative estimate of drug-likeness (QED) is 0.826. The normalized spacial score (nSPS) is 16.3. The van der Waals surface area contributed by atoms with Crippen molar-refractivity contribution in [3.8, 4) is 5.69 Å². The minimum absolute atomic E-state index is 0.112. The second-order valence-electron chi connectivity index (χ2n) is 6.13. The molecule has 138 valence electrons. The van der Waals surface area contributed by atoms with E-state index < -0.39 is 17.4 Å². The van der Waals surface area contributed by atoms with Gasteiger partial charge in [0.05, 0.1) is 10.7 Å². The van der Waals surface area contributed by atoms with Gasteiger partial charge in [0.15, 0.2) is 5.69 Å². The Kier molecular flexibility index (Phi) is 5.22. The van der Waals surface area contributed by atoms with Crippen molar-refractivity contribution in [3.05, 3.63) is 45.7 Å². The molecule has 2 heterocycles. The van der Waals surface area contributed by atoms with Gasteiger partial charge in [0.2, 0.25) is 0 Å². The Labute approximate surface area is 159 Å². The van der Waals surface area contributed by atoms with Crippen molar-refractivity contribution in [1.29, 1.82) is 0 Å². The number of carboxylic acid groups (broad SMARTS) is 1. The van der Waals surface area contributed by atoms with Crippen LogP contribution in [-0.4, -0.2) is 45.5 Å². The third-order valence-corrected chi connectivity index (χ3v) is 4.90. The number of carbonyl (C=O) groups is 2. The summed E-state index contributed by atoms with van der Waals surface area (Å²) < 4.78 is 6.73. The highest BCUT2D eigenvalue weighted by atomic mass is 35.5. The third-order valence-electron chi connectivity index (χ3n) is 4.37. The molecule has 0 spiro atoms. The van der Waals surface area contributed by atoms with Crippen LogP contribution >= 0.6 is 23.2 Å². The van der Waals surface area contributed by atoms with Gasteiger partial charge in [-0.15, -0.1) is 0 Å². The molecule has 0 saturated carbocycles. The number of ether oxygens (including phenoxy) is 1. The number of hydrogen-bond donors (Lipinski definition) is 2. The molecule has 1 aliphatic rings. The summed E-state index contributed by atoms with van der Waals surface area (Å²) in [6.45, 7) is 2.33. The zero-order chi connectivity index (χ0) is 18.9. The van der Waals surface area contributed by atoms with Crippen molar-refractivity contribution in [2.75, 3.05) is 13.2 Å². The molecule has 9 heteroatoms. The van der Waals surface area contributed by atoms with Crippen molar-refractivity contribution in [2.45, 2.75) is 25.3 Å². The van der Waals surface area contributed by atoms with E-state index in [0.717, 1.165) is 0 Å². The number of amides is 1. The predicted octanol–water partition coefficient (Wildman–Crippen LogP) is 2.85. The molecule has 1 amide bonds. The first-order valence-corrected chi connectivity index (χ1v) is 8.74. The second-order valence-corrected chi connectivity index (χ2v) is 6.98. The minimum atomic E-state index is -1.34. The number of aromatic nitrogens is 2. The number of carboxylic acids is 1. The average Bonchev–Trinajstić information content (AvgIpc) is 2.97. The van der Waals surface area contributed by atoms with E-state index in [0.29, 0.717) is 21.4 Å². The fraction of sp³-hybridized carbons (Fsp3) is 0.353. The Balaban J connectivity index is 1.88. The van der Waals surface area contributed by atoms with Gasteiger partial charge in [0.1, 0.15) is 5.54 Å². The van der Waals surface area contributed by atoms with E-state index in [9.17, 15) is 14.7 Å². The molecule has 1 fully saturated rings. The zero-order valence-electron chi connectivity index (χ0n) is 14.0. The first-order valence-electron chi connectivity index (χ1n) is 7.98. The van der Waals surface area contributed by atoms with Crippen molar-refractivity contribution in [2.24, 2.45) is 0 Å². The summed E-state index contributed by atoms with van der Waals surface area (Å²) in [7, 11) is 0. The van der Waals surface area contributed by atoms with Crippen LogP contribution in [0.15, 0.2) is 24.3 Å². The maximum atomic E-state index is 12.6. The van der Waals surface area contributed by atoms with Gasteiger partial charge in [-0.05, 0) is 31.2 Å². The fourth-order valence-corrected chi connectivity index (χ4v) is 3.36. The Morgan fingerprint density at radius 3 is 2.58 bits per heavy atom. The summed E-state index contributed by atoms with van der Waals surface area (Å²) in [4.78, 5) is 24.3. The van der Waals surface area contributed by atoms with Crippen molar-refractivity contribution in [3.63, 3.8) is 0 Å². The van der Waals surface area contributed by atoms with E-state index in [-0.39, 0.29) is 31.7 Å². The summed E-state index contributed by atoms with van der Waals surface area (Å²) >= 11 is 12.1. The highest BCUT2D eigenvalue weighted by Gasteiger charge is 2.42. The van der Waals surface area contributed by atoms with Gasteiger partial charge >= 0.3 is 5.97 Å². The number of halogens is 2. The van der Waals surface area contributed by atoms with Gasteiger partial charge in [-0.1, -0.05) is 23.2 Å². The lowest BCUT2D eigenvalue weighted by molar-refractivity contribution is -0.148. The molecule has 1 aromatic heterocycles. The first kappa shape index (κ1) is 18.7. The number of hydrogen-bond acceptors (Lipinski definition) is 4. The molecule has 1 aromatic carbocycles. The molecule has 0 atom stereocenters. The summed E-state index contributed by atoms with van der Waals surface area (Å²) in [6, 6.07) is 6.53. The second kappa shape index (κ2) is 7.26. The Bertz CT molecular complexity index is 860. The van der Waals surface area contributed by atoms with Gasteiger partial charge in [-0.25, -0.2) is 9.48 Å². The van der Waals surface area contributed by atoms with Crippen LogP contribution in [0.3, 0.4) is 0 Å². The number of benzene rings is 1. The van der Waals surface area contributed by atoms with Crippen molar-refractivity contribution >= 4 is 35.1 Å². The van der Waals surface area contributed by atoms with E-state index in [1.807, 2.05) is 0 Å². The molecule has 1 saturated heterocycles. The molecule has 0 aliphatic carbocycles. The highest BCUT2D eigenvalue weighted by Crippen LogP contribution is 2.26. The lowest BCUT2D eigenvalue weighted by Crippen LogP contribution is -2.57. The number of aryl methyl sites for hydroxylation is 1. The first-order chi connectivity index (χ1) is 12.3. The zero-order valence-corrected chi connectivity index (χ0v) is 15.5. The number of aliphatic carboxylic acids is 1. The molecular weight excluding hydrogens is 381 g/mol. The van der Waals surface area contributed by atoms with Crippen LogP contribution in [0, 0.1) is 6.92 Å². The Morgan fingerprint density at radius 2 is 1.96 bits per heavy atom. The maximum absolute atomic E-state index is 12.6. The molecule has 2 N–H and O–H groups in total. The highest BCUT2D eigenvalue weighted by molar-refractivity contribution is 6.35. The smallest absolute Gasteiger partial charge is 0.329 e. The SMILES string of the molecule is Cc1cc(C(=O)NC2(C(=O)O)CCOCC2)nn1-c1ccc(Cl)cc1Cl. The fourth-order valence-electron chi connectivity index (χ4n) is 2.88. The molecule has 0 bridgehead atoms. The number of rotatable bonds is 4. The molecule has 7 nitrogen and oxygen atoms in total. The van der Waals surface area contributed by atoms with Crippen LogP contribution in [0.4, 0.5) is 0 Å². The van der Waals surface area contributed by atoms with E-state index in [1.54, 1.807) is 31.2 Å². The minimum Gasteiger partial charge on any atom is -0.480 e. The van der Waals surface area contributed by atoms with Gasteiger partial charge in [0.25, 0.3) is 5.91 Å². The molecule has 0 radical (unpaired) electrons. The molecule has 26 heavy (non-hydrogen) atoms. The lowest BCUT2D eigenvalue weighted by Gasteiger charge is -2.33. The standard InChI is InChI=1S/C17H17Cl2N3O4/c1-10-8-13(21-22(10)14-3-2-11(18)9-12(14)19)15(23)20-17(16(24)25)4-6-26-7-5-17/h2-3,8-9H,4-7H2,1H3,(H,20,23)(H,24,25). The van der Waals surface area contributed by atoms with Crippen LogP contribution < -0.4 is 5.32 Å². The summed E-state index contributed by atoms with van der Waals surface area (Å²) in [5.41, 5.74) is 0.0216. The van der Waals surface area contributed by atoms with Crippen LogP contribution in [0.5, 0.6) is 0 Å². The Hall–Kier alpha value is -2.09. The number of carbonyl (C=O) groups excluding carboxylic acids is 1. The van der Waals surface area contributed by atoms with Crippen molar-refractivity contribution in [1.82, 2.24) is 15.1 Å². The lowest BCUT2D eigenvalue weighted by atomic mass is 9.90. The van der Waals surface area contributed by atoms with Gasteiger partial charge in [-0.3, -0.25) is 4.79 Å². The monoisotopic (exact) mass is 397 g/mol. The summed E-state index contributed by atoms with van der Waals surface area (Å²) in [6.07, 6.45) is 0.410. The maximum Gasteiger partial charge on any atom is 0.329 e. The van der Waals surface area contributed by atoms with E-state index in [2.05, 4.69) is 10.4 Å². The van der Waals surface area contributed by atoms with Gasteiger partial charge in [0, 0.05) is 36.8 Å². The van der Waals surface area contributed by atoms with Crippen LogP contribution in [-0.2, 0) is 9.53 Å². The van der Waals surface area contributed by atoms with Crippen LogP contribution in [0.25, 0.3) is 5.69 Å².